The zero-order valence-corrected chi connectivity index (χ0v) is 11.0. The highest BCUT2D eigenvalue weighted by Crippen LogP contribution is 2.25. The number of halogens is 1. The zero-order valence-electron chi connectivity index (χ0n) is 10.2. The Morgan fingerprint density at radius 3 is 2.67 bits per heavy atom. The van der Waals surface area contributed by atoms with Crippen LogP contribution in [0.4, 0.5) is 5.69 Å². The first-order chi connectivity index (χ1) is 8.28. The number of anilines is 1. The molecule has 0 radical (unpaired) electrons. The molecule has 0 amide bonds. The first kappa shape index (κ1) is 12.4. The van der Waals surface area contributed by atoms with Gasteiger partial charge in [-0.15, -0.1) is 12.4 Å². The Balaban J connectivity index is 0.00000120. The van der Waals surface area contributed by atoms with E-state index in [1.54, 1.807) is 10.9 Å². The van der Waals surface area contributed by atoms with E-state index in [9.17, 15) is 0 Å². The molecule has 0 unspecified atom stereocenters. The molecule has 0 aliphatic carbocycles. The summed E-state index contributed by atoms with van der Waals surface area (Å²) in [4.78, 5) is 0. The van der Waals surface area contributed by atoms with Gasteiger partial charge in [-0.25, -0.2) is 4.52 Å². The minimum absolute atomic E-state index is 0. The maximum absolute atomic E-state index is 4.27. The number of aryl methyl sites for hydroxylation is 1. The molecule has 3 rings (SSSR count). The van der Waals surface area contributed by atoms with E-state index in [0.29, 0.717) is 0 Å². The minimum atomic E-state index is 0. The molecule has 0 atom stereocenters. The van der Waals surface area contributed by atoms with Crippen LogP contribution in [-0.4, -0.2) is 26.4 Å². The van der Waals surface area contributed by atoms with Gasteiger partial charge in [0.2, 0.25) is 0 Å². The van der Waals surface area contributed by atoms with Crippen molar-refractivity contribution in [2.45, 2.75) is 0 Å². The molecule has 94 valence electrons. The van der Waals surface area contributed by atoms with Crippen molar-refractivity contribution < 1.29 is 0 Å². The summed E-state index contributed by atoms with van der Waals surface area (Å²) >= 11 is 0. The van der Waals surface area contributed by atoms with Crippen LogP contribution in [-0.2, 0) is 7.05 Å². The summed E-state index contributed by atoms with van der Waals surface area (Å²) in [5.74, 6) is 0. The molecule has 0 spiro atoms. The number of nitrogens with one attached hydrogen (secondary N) is 1. The van der Waals surface area contributed by atoms with Gasteiger partial charge in [-0.05, 0) is 12.1 Å². The molecule has 0 fully saturated rings. The molecule has 3 heterocycles. The van der Waals surface area contributed by atoms with E-state index in [0.717, 1.165) is 22.3 Å². The van der Waals surface area contributed by atoms with Gasteiger partial charge in [-0.1, -0.05) is 0 Å². The standard InChI is InChI=1S/C12H13N5.ClH/c1-13-11-5-9(10-6-15-16(2)7-10)8-17-12(11)3-4-14-17;/h3-8,13H,1-2H3;1H. The molecule has 3 aromatic heterocycles. The molecule has 0 aromatic carbocycles. The van der Waals surface area contributed by atoms with Crippen molar-refractivity contribution in [3.8, 4) is 11.1 Å². The molecule has 3 aromatic rings. The van der Waals surface area contributed by atoms with Crippen molar-refractivity contribution in [3.63, 3.8) is 0 Å². The van der Waals surface area contributed by atoms with Gasteiger partial charge in [-0.2, -0.15) is 10.2 Å². The van der Waals surface area contributed by atoms with Crippen molar-refractivity contribution in [2.75, 3.05) is 12.4 Å². The number of pyridine rings is 1. The van der Waals surface area contributed by atoms with Crippen molar-refractivity contribution in [1.82, 2.24) is 19.4 Å². The van der Waals surface area contributed by atoms with E-state index in [-0.39, 0.29) is 12.4 Å². The number of nitrogens with zero attached hydrogens (tertiary/aromatic N) is 4. The second kappa shape index (κ2) is 4.70. The van der Waals surface area contributed by atoms with Crippen molar-refractivity contribution in [3.05, 3.63) is 36.9 Å². The molecule has 0 aliphatic rings. The molecule has 0 bridgehead atoms. The number of fused-ring (bicyclic) bond motifs is 1. The molecule has 0 saturated heterocycles. The molecular formula is C12H14ClN5. The minimum Gasteiger partial charge on any atom is -0.386 e. The van der Waals surface area contributed by atoms with Crippen LogP contribution < -0.4 is 5.32 Å². The Morgan fingerprint density at radius 1 is 1.17 bits per heavy atom. The normalized spacial score (nSPS) is 10.3. The van der Waals surface area contributed by atoms with Gasteiger partial charge >= 0.3 is 0 Å². The predicted octanol–water partition coefficient (Wildman–Crippen LogP) is 2.20. The fourth-order valence-electron chi connectivity index (χ4n) is 1.96. The van der Waals surface area contributed by atoms with Gasteiger partial charge in [0, 0.05) is 37.6 Å². The van der Waals surface area contributed by atoms with Gasteiger partial charge in [0.25, 0.3) is 0 Å². The molecule has 5 nitrogen and oxygen atoms in total. The number of aromatic nitrogens is 4. The van der Waals surface area contributed by atoms with Gasteiger partial charge in [0.05, 0.1) is 23.6 Å². The van der Waals surface area contributed by atoms with Gasteiger partial charge in [0.1, 0.15) is 0 Å². The summed E-state index contributed by atoms with van der Waals surface area (Å²) in [6.07, 6.45) is 7.64. The molecular weight excluding hydrogens is 250 g/mol. The quantitative estimate of drug-likeness (QED) is 0.771. The monoisotopic (exact) mass is 263 g/mol. The SMILES string of the molecule is CNc1cc(-c2cnn(C)c2)cn2nccc12.Cl. The molecule has 0 saturated carbocycles. The van der Waals surface area contributed by atoms with Crippen LogP contribution >= 0.6 is 12.4 Å². The Hall–Kier alpha value is -2.01. The van der Waals surface area contributed by atoms with Crippen LogP contribution in [0.3, 0.4) is 0 Å². The highest BCUT2D eigenvalue weighted by Gasteiger charge is 2.06. The van der Waals surface area contributed by atoms with Crippen LogP contribution in [0.5, 0.6) is 0 Å². The van der Waals surface area contributed by atoms with Crippen molar-refractivity contribution in [1.29, 1.82) is 0 Å². The lowest BCUT2D eigenvalue weighted by atomic mass is 10.1. The maximum atomic E-state index is 4.27. The molecule has 18 heavy (non-hydrogen) atoms. The first-order valence-electron chi connectivity index (χ1n) is 5.42. The third-order valence-corrected chi connectivity index (χ3v) is 2.82. The third kappa shape index (κ3) is 1.93. The largest absolute Gasteiger partial charge is 0.386 e. The number of hydrogen-bond donors (Lipinski definition) is 1. The molecule has 6 heteroatoms. The summed E-state index contributed by atoms with van der Waals surface area (Å²) < 4.78 is 3.66. The van der Waals surface area contributed by atoms with Crippen molar-refractivity contribution >= 4 is 23.6 Å². The van der Waals surface area contributed by atoms with Gasteiger partial charge in [0.15, 0.2) is 0 Å². The van der Waals surface area contributed by atoms with E-state index >= 15 is 0 Å². The van der Waals surface area contributed by atoms with Crippen molar-refractivity contribution in [2.24, 2.45) is 7.05 Å². The Bertz CT molecular complexity index is 670. The molecule has 1 N–H and O–H groups in total. The Kier molecular flexibility index (Phi) is 3.25. The lowest BCUT2D eigenvalue weighted by Gasteiger charge is -2.06. The predicted molar refractivity (Wildman–Crippen MR) is 74.2 cm³/mol. The average Bonchev–Trinajstić information content (AvgIpc) is 2.95. The summed E-state index contributed by atoms with van der Waals surface area (Å²) in [5.41, 5.74) is 4.31. The van der Waals surface area contributed by atoms with E-state index < -0.39 is 0 Å². The van der Waals surface area contributed by atoms with Crippen LogP contribution in [0.2, 0.25) is 0 Å². The van der Waals surface area contributed by atoms with Crippen LogP contribution in [0.1, 0.15) is 0 Å². The Labute approximate surface area is 111 Å². The highest BCUT2D eigenvalue weighted by molar-refractivity contribution is 5.85. The highest BCUT2D eigenvalue weighted by atomic mass is 35.5. The maximum Gasteiger partial charge on any atom is 0.0893 e. The fraction of sp³-hybridized carbons (Fsp3) is 0.167. The third-order valence-electron chi connectivity index (χ3n) is 2.82. The smallest absolute Gasteiger partial charge is 0.0893 e. The zero-order chi connectivity index (χ0) is 11.8. The summed E-state index contributed by atoms with van der Waals surface area (Å²) in [6.45, 7) is 0. The lowest BCUT2D eigenvalue weighted by molar-refractivity contribution is 0.768. The summed E-state index contributed by atoms with van der Waals surface area (Å²) in [6, 6.07) is 4.09. The van der Waals surface area contributed by atoms with Gasteiger partial charge < -0.3 is 5.32 Å². The lowest BCUT2D eigenvalue weighted by Crippen LogP contribution is -1.95. The number of rotatable bonds is 2. The van der Waals surface area contributed by atoms with E-state index in [1.807, 2.05) is 43.3 Å². The number of hydrogen-bond acceptors (Lipinski definition) is 3. The van der Waals surface area contributed by atoms with Crippen LogP contribution in [0.15, 0.2) is 36.9 Å². The van der Waals surface area contributed by atoms with E-state index in [2.05, 4.69) is 21.6 Å². The summed E-state index contributed by atoms with van der Waals surface area (Å²) in [5, 5.41) is 11.6. The topological polar surface area (TPSA) is 47.2 Å². The Morgan fingerprint density at radius 2 is 2.00 bits per heavy atom. The van der Waals surface area contributed by atoms with Crippen LogP contribution in [0.25, 0.3) is 16.6 Å². The van der Waals surface area contributed by atoms with Gasteiger partial charge in [-0.3, -0.25) is 4.68 Å². The average molecular weight is 264 g/mol. The molecule has 0 aliphatic heterocycles. The van der Waals surface area contributed by atoms with E-state index in [1.165, 1.54) is 0 Å². The second-order valence-electron chi connectivity index (χ2n) is 3.96. The van der Waals surface area contributed by atoms with Crippen LogP contribution in [0, 0.1) is 0 Å². The first-order valence-corrected chi connectivity index (χ1v) is 5.42. The second-order valence-corrected chi connectivity index (χ2v) is 3.96. The fourth-order valence-corrected chi connectivity index (χ4v) is 1.96. The summed E-state index contributed by atoms with van der Waals surface area (Å²) in [7, 11) is 3.82. The van der Waals surface area contributed by atoms with E-state index in [4.69, 9.17) is 0 Å².